The molecule has 2 aromatic rings. The topological polar surface area (TPSA) is 45.7 Å². The Morgan fingerprint density at radius 1 is 1.22 bits per heavy atom. The molecule has 23 heavy (non-hydrogen) atoms. The maximum atomic E-state index is 5.73. The summed E-state index contributed by atoms with van der Waals surface area (Å²) in [5.74, 6) is 1.72. The molecule has 1 aromatic heterocycles. The van der Waals surface area contributed by atoms with Crippen molar-refractivity contribution in [3.8, 4) is 5.75 Å². The van der Waals surface area contributed by atoms with E-state index in [9.17, 15) is 0 Å². The van der Waals surface area contributed by atoms with Gasteiger partial charge in [-0.15, -0.1) is 11.3 Å². The first-order valence-electron chi connectivity index (χ1n) is 7.97. The third-order valence-corrected chi connectivity index (χ3v) is 3.92. The quantitative estimate of drug-likeness (QED) is 0.599. The van der Waals surface area contributed by atoms with Crippen molar-refractivity contribution < 1.29 is 4.74 Å². The summed E-state index contributed by atoms with van der Waals surface area (Å²) >= 11 is 1.74. The van der Waals surface area contributed by atoms with E-state index in [1.807, 2.05) is 32.0 Å². The number of guanidine groups is 1. The van der Waals surface area contributed by atoms with Crippen molar-refractivity contribution in [2.45, 2.75) is 40.0 Å². The van der Waals surface area contributed by atoms with E-state index in [1.165, 1.54) is 4.88 Å². The van der Waals surface area contributed by atoms with Crippen molar-refractivity contribution in [2.24, 2.45) is 4.99 Å². The van der Waals surface area contributed by atoms with Gasteiger partial charge < -0.3 is 15.4 Å². The summed E-state index contributed by atoms with van der Waals surface area (Å²) < 4.78 is 5.73. The molecular formula is C18H25N3OS. The Bertz CT molecular complexity index is 608. The van der Waals surface area contributed by atoms with Crippen LogP contribution in [0.1, 0.15) is 31.2 Å². The lowest BCUT2D eigenvalue weighted by atomic mass is 10.2. The predicted octanol–water partition coefficient (Wildman–Crippen LogP) is 3.79. The second kappa shape index (κ2) is 9.20. The fourth-order valence-electron chi connectivity index (χ4n) is 2.09. The van der Waals surface area contributed by atoms with E-state index in [0.29, 0.717) is 6.54 Å². The molecule has 2 rings (SSSR count). The van der Waals surface area contributed by atoms with E-state index in [1.54, 1.807) is 11.3 Å². The van der Waals surface area contributed by atoms with Crippen LogP contribution in [0, 0.1) is 0 Å². The van der Waals surface area contributed by atoms with Crippen molar-refractivity contribution in [1.29, 1.82) is 0 Å². The fourth-order valence-corrected chi connectivity index (χ4v) is 2.73. The second-order valence-corrected chi connectivity index (χ2v) is 6.47. The van der Waals surface area contributed by atoms with Gasteiger partial charge in [0.1, 0.15) is 5.75 Å². The summed E-state index contributed by atoms with van der Waals surface area (Å²) in [7, 11) is 0. The van der Waals surface area contributed by atoms with E-state index in [-0.39, 0.29) is 6.10 Å². The van der Waals surface area contributed by atoms with Gasteiger partial charge in [-0.3, -0.25) is 0 Å². The van der Waals surface area contributed by atoms with Crippen LogP contribution in [0.4, 0.5) is 0 Å². The Morgan fingerprint density at radius 3 is 2.78 bits per heavy atom. The standard InChI is InChI=1S/C18H25N3OS/c1-4-19-18(21-13-17-9-6-10-23-17)20-12-15-7-5-8-16(11-15)22-14(2)3/h5-11,14H,4,12-13H2,1-3H3,(H2,19,20,21). The summed E-state index contributed by atoms with van der Waals surface area (Å²) in [5, 5.41) is 8.72. The van der Waals surface area contributed by atoms with Crippen LogP contribution in [0.2, 0.25) is 0 Å². The average molecular weight is 331 g/mol. The maximum Gasteiger partial charge on any atom is 0.191 e. The van der Waals surface area contributed by atoms with Crippen LogP contribution in [0.5, 0.6) is 5.75 Å². The Morgan fingerprint density at radius 2 is 2.09 bits per heavy atom. The normalized spacial score (nSPS) is 11.6. The molecule has 0 saturated carbocycles. The number of rotatable bonds is 7. The molecule has 0 bridgehead atoms. The van der Waals surface area contributed by atoms with Gasteiger partial charge in [0.05, 0.1) is 19.2 Å². The van der Waals surface area contributed by atoms with Crippen LogP contribution in [-0.4, -0.2) is 18.6 Å². The van der Waals surface area contributed by atoms with E-state index in [0.717, 1.165) is 30.4 Å². The average Bonchev–Trinajstić information content (AvgIpc) is 3.03. The summed E-state index contributed by atoms with van der Waals surface area (Å²) in [6.45, 7) is 8.38. The lowest BCUT2D eigenvalue weighted by Gasteiger charge is -2.12. The van der Waals surface area contributed by atoms with Gasteiger partial charge in [0, 0.05) is 11.4 Å². The first-order valence-corrected chi connectivity index (χ1v) is 8.85. The highest BCUT2D eigenvalue weighted by Crippen LogP contribution is 2.15. The Labute approximate surface area is 142 Å². The second-order valence-electron chi connectivity index (χ2n) is 5.44. The molecule has 5 heteroatoms. The molecule has 0 atom stereocenters. The summed E-state index contributed by atoms with van der Waals surface area (Å²) in [4.78, 5) is 5.94. The first-order chi connectivity index (χ1) is 11.2. The highest BCUT2D eigenvalue weighted by Gasteiger charge is 2.01. The third kappa shape index (κ3) is 6.32. The monoisotopic (exact) mass is 331 g/mol. The number of thiophene rings is 1. The summed E-state index contributed by atoms with van der Waals surface area (Å²) in [6, 6.07) is 12.3. The summed E-state index contributed by atoms with van der Waals surface area (Å²) in [5.41, 5.74) is 1.14. The molecule has 1 aromatic carbocycles. The smallest absolute Gasteiger partial charge is 0.191 e. The van der Waals surface area contributed by atoms with Crippen molar-refractivity contribution in [3.05, 3.63) is 52.2 Å². The van der Waals surface area contributed by atoms with E-state index >= 15 is 0 Å². The molecule has 124 valence electrons. The number of ether oxygens (including phenoxy) is 1. The van der Waals surface area contributed by atoms with E-state index in [2.05, 4.69) is 46.1 Å². The van der Waals surface area contributed by atoms with Gasteiger partial charge >= 0.3 is 0 Å². The van der Waals surface area contributed by atoms with Gasteiger partial charge in [-0.2, -0.15) is 0 Å². The van der Waals surface area contributed by atoms with Gasteiger partial charge in [-0.05, 0) is 49.9 Å². The Kier molecular flexibility index (Phi) is 6.94. The summed E-state index contributed by atoms with van der Waals surface area (Å²) in [6.07, 6.45) is 0.179. The van der Waals surface area contributed by atoms with Crippen molar-refractivity contribution >= 4 is 17.3 Å². The van der Waals surface area contributed by atoms with Crippen LogP contribution >= 0.6 is 11.3 Å². The van der Waals surface area contributed by atoms with E-state index < -0.39 is 0 Å². The van der Waals surface area contributed by atoms with Crippen molar-refractivity contribution in [2.75, 3.05) is 6.54 Å². The van der Waals surface area contributed by atoms with Crippen molar-refractivity contribution in [3.63, 3.8) is 0 Å². The van der Waals surface area contributed by atoms with Gasteiger partial charge in [0.15, 0.2) is 5.96 Å². The predicted molar refractivity (Wildman–Crippen MR) is 98.2 cm³/mol. The zero-order chi connectivity index (χ0) is 16.5. The lowest BCUT2D eigenvalue weighted by Crippen LogP contribution is -2.36. The van der Waals surface area contributed by atoms with Crippen LogP contribution in [0.3, 0.4) is 0 Å². The third-order valence-electron chi connectivity index (χ3n) is 3.04. The molecule has 0 unspecified atom stereocenters. The van der Waals surface area contributed by atoms with Crippen molar-refractivity contribution in [1.82, 2.24) is 10.6 Å². The number of benzene rings is 1. The molecule has 0 radical (unpaired) electrons. The molecule has 1 heterocycles. The molecule has 0 fully saturated rings. The largest absolute Gasteiger partial charge is 0.491 e. The molecule has 0 aliphatic rings. The molecule has 0 aliphatic carbocycles. The van der Waals surface area contributed by atoms with Gasteiger partial charge in [0.25, 0.3) is 0 Å². The van der Waals surface area contributed by atoms with Gasteiger partial charge in [0.2, 0.25) is 0 Å². The minimum absolute atomic E-state index is 0.179. The number of hydrogen-bond acceptors (Lipinski definition) is 3. The van der Waals surface area contributed by atoms with E-state index in [4.69, 9.17) is 4.74 Å². The molecule has 0 aliphatic heterocycles. The lowest BCUT2D eigenvalue weighted by molar-refractivity contribution is 0.242. The molecule has 0 spiro atoms. The highest BCUT2D eigenvalue weighted by atomic mass is 32.1. The molecular weight excluding hydrogens is 306 g/mol. The zero-order valence-corrected chi connectivity index (χ0v) is 14.8. The number of aliphatic imine (C=N–C) groups is 1. The number of nitrogens with one attached hydrogen (secondary N) is 2. The molecule has 0 amide bonds. The molecule has 0 saturated heterocycles. The first kappa shape index (κ1) is 17.3. The van der Waals surface area contributed by atoms with Crippen LogP contribution < -0.4 is 15.4 Å². The highest BCUT2D eigenvalue weighted by molar-refractivity contribution is 7.09. The van der Waals surface area contributed by atoms with Crippen LogP contribution in [-0.2, 0) is 13.1 Å². The molecule has 2 N–H and O–H groups in total. The SMILES string of the molecule is CCNC(=NCc1cccc(OC(C)C)c1)NCc1cccs1. The number of nitrogens with zero attached hydrogens (tertiary/aromatic N) is 1. The van der Waals surface area contributed by atoms with Gasteiger partial charge in [-0.25, -0.2) is 4.99 Å². The Hall–Kier alpha value is -2.01. The fraction of sp³-hybridized carbons (Fsp3) is 0.389. The minimum Gasteiger partial charge on any atom is -0.491 e. The minimum atomic E-state index is 0.179. The maximum absolute atomic E-state index is 5.73. The van der Waals surface area contributed by atoms with Crippen LogP contribution in [0.25, 0.3) is 0 Å². The van der Waals surface area contributed by atoms with Crippen LogP contribution in [0.15, 0.2) is 46.8 Å². The Balaban J connectivity index is 1.96. The zero-order valence-electron chi connectivity index (χ0n) is 14.0. The van der Waals surface area contributed by atoms with Gasteiger partial charge in [-0.1, -0.05) is 18.2 Å². The number of hydrogen-bond donors (Lipinski definition) is 2. The molecule has 4 nitrogen and oxygen atoms in total.